The second-order valence-corrected chi connectivity index (χ2v) is 5.73. The van der Waals surface area contributed by atoms with E-state index in [-0.39, 0.29) is 12.2 Å². The van der Waals surface area contributed by atoms with E-state index in [2.05, 4.69) is 0 Å². The Bertz CT molecular complexity index is 927. The van der Waals surface area contributed by atoms with E-state index in [1.807, 2.05) is 30.3 Å². The molecule has 0 unspecified atom stereocenters. The van der Waals surface area contributed by atoms with Crippen molar-refractivity contribution < 1.29 is 28.5 Å². The number of methoxy groups -OCH3 is 3. The third-order valence-electron chi connectivity index (χ3n) is 4.34. The van der Waals surface area contributed by atoms with Gasteiger partial charge in [-0.2, -0.15) is 0 Å². The average molecular weight is 368 g/mol. The monoisotopic (exact) mass is 368 g/mol. The number of hydrogen-bond donors (Lipinski definition) is 0. The molecule has 0 spiro atoms. The van der Waals surface area contributed by atoms with Crippen molar-refractivity contribution in [2.24, 2.45) is 0 Å². The van der Waals surface area contributed by atoms with Crippen molar-refractivity contribution >= 4 is 17.3 Å². The third kappa shape index (κ3) is 2.93. The van der Waals surface area contributed by atoms with Gasteiger partial charge in [0.25, 0.3) is 0 Å². The zero-order chi connectivity index (χ0) is 19.6. The first-order valence-corrected chi connectivity index (χ1v) is 8.43. The highest BCUT2D eigenvalue weighted by Crippen LogP contribution is 2.50. The van der Waals surface area contributed by atoms with Crippen LogP contribution in [0.2, 0.25) is 0 Å². The molecule has 6 heteroatoms. The molecule has 2 aromatic rings. The maximum absolute atomic E-state index is 13.1. The molecule has 0 heterocycles. The van der Waals surface area contributed by atoms with E-state index in [1.54, 1.807) is 13.0 Å². The van der Waals surface area contributed by atoms with Crippen LogP contribution in [0.4, 0.5) is 0 Å². The summed E-state index contributed by atoms with van der Waals surface area (Å²) in [5.74, 6) is -0.0680. The predicted molar refractivity (Wildman–Crippen MR) is 99.5 cm³/mol. The first-order chi connectivity index (χ1) is 13.1. The Morgan fingerprint density at radius 2 is 1.63 bits per heavy atom. The summed E-state index contributed by atoms with van der Waals surface area (Å²) in [7, 11) is 4.44. The lowest BCUT2D eigenvalue weighted by atomic mass is 9.96. The molecule has 0 amide bonds. The minimum absolute atomic E-state index is 0.0216. The second kappa shape index (κ2) is 7.53. The number of benzene rings is 2. The fraction of sp³-hybridized carbons (Fsp3) is 0.238. The number of ketones is 1. The highest BCUT2D eigenvalue weighted by Gasteiger charge is 2.40. The highest BCUT2D eigenvalue weighted by atomic mass is 16.5. The van der Waals surface area contributed by atoms with Crippen molar-refractivity contribution in [3.05, 3.63) is 58.7 Å². The molecular weight excluding hydrogens is 348 g/mol. The zero-order valence-electron chi connectivity index (χ0n) is 15.6. The minimum Gasteiger partial charge on any atom is -0.493 e. The summed E-state index contributed by atoms with van der Waals surface area (Å²) in [6.45, 7) is 1.86. The third-order valence-corrected chi connectivity index (χ3v) is 4.34. The van der Waals surface area contributed by atoms with Crippen LogP contribution in [0, 0.1) is 0 Å². The van der Waals surface area contributed by atoms with Gasteiger partial charge in [0.15, 0.2) is 11.5 Å². The lowest BCUT2D eigenvalue weighted by Gasteiger charge is -2.17. The number of carbonyl (C=O) groups is 2. The maximum Gasteiger partial charge on any atom is 0.342 e. The van der Waals surface area contributed by atoms with Crippen LogP contribution in [0.25, 0.3) is 5.57 Å². The molecule has 27 heavy (non-hydrogen) atoms. The summed E-state index contributed by atoms with van der Waals surface area (Å²) in [6.07, 6.45) is 0. The second-order valence-electron chi connectivity index (χ2n) is 5.73. The molecule has 0 fully saturated rings. The number of ether oxygens (including phenoxy) is 4. The van der Waals surface area contributed by atoms with Crippen LogP contribution in [-0.4, -0.2) is 39.7 Å². The molecule has 0 saturated heterocycles. The van der Waals surface area contributed by atoms with Crippen molar-refractivity contribution in [2.75, 3.05) is 27.9 Å². The first kappa shape index (κ1) is 18.5. The molecule has 0 aliphatic heterocycles. The molecule has 0 bridgehead atoms. The molecule has 1 aliphatic rings. The Balaban J connectivity index is 2.39. The molecule has 0 aromatic heterocycles. The molecule has 140 valence electrons. The van der Waals surface area contributed by atoms with Crippen LogP contribution < -0.4 is 14.2 Å². The van der Waals surface area contributed by atoms with Gasteiger partial charge in [0, 0.05) is 16.7 Å². The molecule has 0 radical (unpaired) electrons. The van der Waals surface area contributed by atoms with E-state index in [0.29, 0.717) is 39.5 Å². The molecule has 2 aromatic carbocycles. The number of Topliss-reactive ketones (excluding diaryl/α,β-unsaturated/α-hetero) is 1. The molecule has 0 atom stereocenters. The van der Waals surface area contributed by atoms with Crippen LogP contribution in [0.1, 0.15) is 28.4 Å². The van der Waals surface area contributed by atoms with Crippen molar-refractivity contribution in [1.82, 2.24) is 0 Å². The maximum atomic E-state index is 13.1. The van der Waals surface area contributed by atoms with E-state index in [1.165, 1.54) is 21.3 Å². The van der Waals surface area contributed by atoms with Gasteiger partial charge in [-0.05, 0) is 18.6 Å². The van der Waals surface area contributed by atoms with E-state index in [9.17, 15) is 9.59 Å². The van der Waals surface area contributed by atoms with Gasteiger partial charge in [-0.3, -0.25) is 4.79 Å². The first-order valence-electron chi connectivity index (χ1n) is 8.43. The number of carbonyl (C=O) groups excluding carboxylic acids is 2. The fourth-order valence-electron chi connectivity index (χ4n) is 3.25. The van der Waals surface area contributed by atoms with Crippen LogP contribution in [0.15, 0.2) is 42.0 Å². The molecule has 6 nitrogen and oxygen atoms in total. The van der Waals surface area contributed by atoms with Crippen LogP contribution >= 0.6 is 0 Å². The lowest BCUT2D eigenvalue weighted by Crippen LogP contribution is -2.14. The summed E-state index contributed by atoms with van der Waals surface area (Å²) in [5.41, 5.74) is 1.96. The van der Waals surface area contributed by atoms with E-state index >= 15 is 0 Å². The van der Waals surface area contributed by atoms with Crippen molar-refractivity contribution in [1.29, 1.82) is 0 Å². The van der Waals surface area contributed by atoms with Gasteiger partial charge in [0.05, 0.1) is 27.9 Å². The van der Waals surface area contributed by atoms with Gasteiger partial charge in [0.2, 0.25) is 11.5 Å². The van der Waals surface area contributed by atoms with Gasteiger partial charge in [-0.25, -0.2) is 4.79 Å². The SMILES string of the molecule is CCOC(=O)C1=C(c2ccccc2)c2c(cc(OC)c(OC)c2OC)C1=O. The molecule has 0 N–H and O–H groups in total. The van der Waals surface area contributed by atoms with Crippen molar-refractivity contribution in [3.63, 3.8) is 0 Å². The Kier molecular flexibility index (Phi) is 5.16. The number of fused-ring (bicyclic) bond motifs is 1. The van der Waals surface area contributed by atoms with E-state index in [0.717, 1.165) is 0 Å². The van der Waals surface area contributed by atoms with Gasteiger partial charge < -0.3 is 18.9 Å². The van der Waals surface area contributed by atoms with Gasteiger partial charge in [0.1, 0.15) is 5.57 Å². The summed E-state index contributed by atoms with van der Waals surface area (Å²) in [6, 6.07) is 10.7. The average Bonchev–Trinajstić information content (AvgIpc) is 2.99. The van der Waals surface area contributed by atoms with Crippen LogP contribution in [-0.2, 0) is 9.53 Å². The Labute approximate surface area is 157 Å². The normalized spacial score (nSPS) is 12.7. The van der Waals surface area contributed by atoms with Crippen LogP contribution in [0.3, 0.4) is 0 Å². The van der Waals surface area contributed by atoms with Crippen molar-refractivity contribution in [3.8, 4) is 17.2 Å². The fourth-order valence-corrected chi connectivity index (χ4v) is 3.25. The summed E-state index contributed by atoms with van der Waals surface area (Å²) >= 11 is 0. The van der Waals surface area contributed by atoms with Crippen LogP contribution in [0.5, 0.6) is 17.2 Å². The Morgan fingerprint density at radius 1 is 0.963 bits per heavy atom. The quantitative estimate of drug-likeness (QED) is 0.576. The van der Waals surface area contributed by atoms with E-state index < -0.39 is 11.8 Å². The van der Waals surface area contributed by atoms with Crippen molar-refractivity contribution in [2.45, 2.75) is 6.92 Å². The number of rotatable bonds is 6. The van der Waals surface area contributed by atoms with Gasteiger partial charge in [-0.1, -0.05) is 30.3 Å². The largest absolute Gasteiger partial charge is 0.493 e. The predicted octanol–water partition coefficient (Wildman–Crippen LogP) is 3.27. The summed E-state index contributed by atoms with van der Waals surface area (Å²) in [4.78, 5) is 25.7. The van der Waals surface area contributed by atoms with Gasteiger partial charge in [-0.15, -0.1) is 0 Å². The molecule has 1 aliphatic carbocycles. The Morgan fingerprint density at radius 3 is 2.19 bits per heavy atom. The topological polar surface area (TPSA) is 71.1 Å². The molecule has 3 rings (SSSR count). The summed E-state index contributed by atoms with van der Waals surface area (Å²) in [5, 5.41) is 0. The summed E-state index contributed by atoms with van der Waals surface area (Å²) < 4.78 is 21.5. The lowest BCUT2D eigenvalue weighted by molar-refractivity contribution is -0.137. The minimum atomic E-state index is -0.669. The molecular formula is C21H20O6. The Hall–Kier alpha value is -3.28. The number of hydrogen-bond acceptors (Lipinski definition) is 6. The smallest absolute Gasteiger partial charge is 0.342 e. The highest BCUT2D eigenvalue weighted by molar-refractivity contribution is 6.35. The van der Waals surface area contributed by atoms with E-state index in [4.69, 9.17) is 18.9 Å². The molecule has 0 saturated carbocycles. The zero-order valence-corrected chi connectivity index (χ0v) is 15.6. The van der Waals surface area contributed by atoms with Gasteiger partial charge >= 0.3 is 5.97 Å². The number of esters is 1. The standard InChI is InChI=1S/C21H20O6/c1-5-27-21(23)17-15(12-9-7-6-8-10-12)16-13(18(17)22)11-14(24-2)19(25-3)20(16)26-4/h6-11H,5H2,1-4H3.